The van der Waals surface area contributed by atoms with E-state index in [-0.39, 0.29) is 0 Å². The highest BCUT2D eigenvalue weighted by atomic mass is 79.9. The lowest BCUT2D eigenvalue weighted by Gasteiger charge is -1.98. The summed E-state index contributed by atoms with van der Waals surface area (Å²) in [5, 5.41) is 7.69. The van der Waals surface area contributed by atoms with Crippen molar-refractivity contribution in [2.24, 2.45) is 0 Å². The van der Waals surface area contributed by atoms with E-state index in [1.807, 2.05) is 0 Å². The molecular weight excluding hydrogens is 232 g/mol. The predicted molar refractivity (Wildman–Crippen MR) is 50.8 cm³/mol. The van der Waals surface area contributed by atoms with Gasteiger partial charge in [-0.3, -0.25) is 0 Å². The van der Waals surface area contributed by atoms with E-state index in [2.05, 4.69) is 36.1 Å². The van der Waals surface area contributed by atoms with E-state index in [0.29, 0.717) is 11.5 Å². The van der Waals surface area contributed by atoms with Crippen LogP contribution in [-0.2, 0) is 0 Å². The van der Waals surface area contributed by atoms with E-state index < -0.39 is 0 Å². The molecule has 2 rings (SSSR count). The van der Waals surface area contributed by atoms with Gasteiger partial charge in [0.2, 0.25) is 0 Å². The normalized spacial score (nSPS) is 9.92. The van der Waals surface area contributed by atoms with Gasteiger partial charge in [0.25, 0.3) is 0 Å². The molecule has 0 saturated carbocycles. The van der Waals surface area contributed by atoms with E-state index >= 15 is 0 Å². The standard InChI is InChI=1S/C8H5BrN4/c9-6-2-5-12-13-7(6)8-10-3-1-4-11-8/h1-5H. The molecular formula is C8H5BrN4. The Morgan fingerprint density at radius 2 is 1.85 bits per heavy atom. The number of hydrogen-bond acceptors (Lipinski definition) is 4. The molecule has 4 nitrogen and oxygen atoms in total. The summed E-state index contributed by atoms with van der Waals surface area (Å²) in [5.74, 6) is 0.572. The highest BCUT2D eigenvalue weighted by molar-refractivity contribution is 9.10. The molecule has 0 bridgehead atoms. The van der Waals surface area contributed by atoms with Crippen LogP contribution < -0.4 is 0 Å². The third kappa shape index (κ3) is 1.70. The third-order valence-electron chi connectivity index (χ3n) is 1.45. The molecule has 0 unspecified atom stereocenters. The van der Waals surface area contributed by atoms with E-state index in [1.54, 1.807) is 30.7 Å². The second-order valence-corrected chi connectivity index (χ2v) is 3.15. The van der Waals surface area contributed by atoms with Crippen LogP contribution in [0.1, 0.15) is 0 Å². The van der Waals surface area contributed by atoms with Crippen molar-refractivity contribution in [2.45, 2.75) is 0 Å². The van der Waals surface area contributed by atoms with Crippen molar-refractivity contribution < 1.29 is 0 Å². The molecule has 0 aromatic carbocycles. The molecule has 0 spiro atoms. The first kappa shape index (κ1) is 8.25. The van der Waals surface area contributed by atoms with Crippen LogP contribution in [0, 0.1) is 0 Å². The monoisotopic (exact) mass is 236 g/mol. The number of halogens is 1. The first-order valence-electron chi connectivity index (χ1n) is 3.62. The van der Waals surface area contributed by atoms with Crippen molar-refractivity contribution >= 4 is 15.9 Å². The van der Waals surface area contributed by atoms with Crippen LogP contribution in [0.4, 0.5) is 0 Å². The highest BCUT2D eigenvalue weighted by Crippen LogP contribution is 2.20. The summed E-state index contributed by atoms with van der Waals surface area (Å²) >= 11 is 3.35. The van der Waals surface area contributed by atoms with Crippen LogP contribution >= 0.6 is 15.9 Å². The Labute approximate surface area is 83.2 Å². The SMILES string of the molecule is Brc1ccnnc1-c1ncccn1. The van der Waals surface area contributed by atoms with E-state index in [1.165, 1.54) is 0 Å². The lowest BCUT2D eigenvalue weighted by atomic mass is 10.4. The number of rotatable bonds is 1. The largest absolute Gasteiger partial charge is 0.235 e. The van der Waals surface area contributed by atoms with Crippen LogP contribution in [0.3, 0.4) is 0 Å². The zero-order valence-electron chi connectivity index (χ0n) is 6.55. The fourth-order valence-electron chi connectivity index (χ4n) is 0.889. The summed E-state index contributed by atoms with van der Waals surface area (Å²) in [6, 6.07) is 3.56. The fourth-order valence-corrected chi connectivity index (χ4v) is 1.26. The Morgan fingerprint density at radius 1 is 1.08 bits per heavy atom. The maximum Gasteiger partial charge on any atom is 0.181 e. The topological polar surface area (TPSA) is 51.6 Å². The maximum atomic E-state index is 4.07. The Balaban J connectivity index is 2.54. The van der Waals surface area contributed by atoms with Crippen molar-refractivity contribution in [3.05, 3.63) is 35.2 Å². The molecule has 0 fully saturated rings. The van der Waals surface area contributed by atoms with Gasteiger partial charge in [-0.25, -0.2) is 9.97 Å². The molecule has 2 aromatic heterocycles. The van der Waals surface area contributed by atoms with E-state index in [0.717, 1.165) is 4.47 Å². The quantitative estimate of drug-likeness (QED) is 0.757. The summed E-state index contributed by atoms with van der Waals surface area (Å²) < 4.78 is 0.841. The summed E-state index contributed by atoms with van der Waals surface area (Å²) in [6.07, 6.45) is 4.95. The molecule has 0 aliphatic heterocycles. The van der Waals surface area contributed by atoms with Gasteiger partial charge in [-0.2, -0.15) is 5.10 Å². The Bertz CT molecular complexity index is 404. The molecule has 0 saturated heterocycles. The van der Waals surface area contributed by atoms with E-state index in [4.69, 9.17) is 0 Å². The fraction of sp³-hybridized carbons (Fsp3) is 0. The highest BCUT2D eigenvalue weighted by Gasteiger charge is 2.05. The maximum absolute atomic E-state index is 4.07. The molecule has 2 heterocycles. The van der Waals surface area contributed by atoms with Crippen molar-refractivity contribution in [3.63, 3.8) is 0 Å². The molecule has 0 aliphatic rings. The number of nitrogens with zero attached hydrogens (tertiary/aromatic N) is 4. The minimum Gasteiger partial charge on any atom is -0.235 e. The molecule has 0 amide bonds. The summed E-state index contributed by atoms with van der Waals surface area (Å²) in [6.45, 7) is 0. The summed E-state index contributed by atoms with van der Waals surface area (Å²) in [7, 11) is 0. The summed E-state index contributed by atoms with van der Waals surface area (Å²) in [5.41, 5.74) is 0.656. The van der Waals surface area contributed by atoms with Crippen molar-refractivity contribution in [1.29, 1.82) is 0 Å². The first-order valence-corrected chi connectivity index (χ1v) is 4.42. The van der Waals surface area contributed by atoms with Gasteiger partial charge in [0.05, 0.1) is 10.7 Å². The zero-order valence-corrected chi connectivity index (χ0v) is 8.14. The van der Waals surface area contributed by atoms with E-state index in [9.17, 15) is 0 Å². The number of hydrogen-bond donors (Lipinski definition) is 0. The van der Waals surface area contributed by atoms with Crippen LogP contribution in [0.15, 0.2) is 35.2 Å². The van der Waals surface area contributed by atoms with Gasteiger partial charge in [-0.1, -0.05) is 0 Å². The van der Waals surface area contributed by atoms with Crippen LogP contribution in [-0.4, -0.2) is 20.2 Å². The first-order chi connectivity index (χ1) is 6.38. The Hall–Kier alpha value is -1.36. The van der Waals surface area contributed by atoms with Crippen molar-refractivity contribution in [1.82, 2.24) is 20.2 Å². The van der Waals surface area contributed by atoms with Crippen LogP contribution in [0.5, 0.6) is 0 Å². The molecule has 0 atom stereocenters. The Kier molecular flexibility index (Phi) is 2.27. The second kappa shape index (κ2) is 3.57. The van der Waals surface area contributed by atoms with Crippen molar-refractivity contribution in [3.8, 4) is 11.5 Å². The average molecular weight is 237 g/mol. The van der Waals surface area contributed by atoms with Gasteiger partial charge in [-0.15, -0.1) is 5.10 Å². The molecule has 2 aromatic rings. The molecule has 13 heavy (non-hydrogen) atoms. The smallest absolute Gasteiger partial charge is 0.181 e. The zero-order chi connectivity index (χ0) is 9.10. The van der Waals surface area contributed by atoms with Gasteiger partial charge >= 0.3 is 0 Å². The second-order valence-electron chi connectivity index (χ2n) is 2.30. The molecule has 5 heteroatoms. The Morgan fingerprint density at radius 3 is 2.54 bits per heavy atom. The molecule has 64 valence electrons. The average Bonchev–Trinajstić information content (AvgIpc) is 2.20. The van der Waals surface area contributed by atoms with Gasteiger partial charge in [0, 0.05) is 12.4 Å². The van der Waals surface area contributed by atoms with Gasteiger partial charge in [0.1, 0.15) is 5.69 Å². The molecule has 0 N–H and O–H groups in total. The van der Waals surface area contributed by atoms with Crippen LogP contribution in [0.25, 0.3) is 11.5 Å². The van der Waals surface area contributed by atoms with Crippen molar-refractivity contribution in [2.75, 3.05) is 0 Å². The lowest BCUT2D eigenvalue weighted by Crippen LogP contribution is -1.92. The number of aromatic nitrogens is 4. The molecule has 0 radical (unpaired) electrons. The van der Waals surface area contributed by atoms with Crippen LogP contribution in [0.2, 0.25) is 0 Å². The van der Waals surface area contributed by atoms with Gasteiger partial charge in [0.15, 0.2) is 5.82 Å². The summed E-state index contributed by atoms with van der Waals surface area (Å²) in [4.78, 5) is 8.13. The minimum atomic E-state index is 0.572. The predicted octanol–water partition coefficient (Wildman–Crippen LogP) is 1.70. The lowest BCUT2D eigenvalue weighted by molar-refractivity contribution is 1.00. The molecule has 0 aliphatic carbocycles. The van der Waals surface area contributed by atoms with Gasteiger partial charge in [-0.05, 0) is 28.1 Å². The third-order valence-corrected chi connectivity index (χ3v) is 2.09. The minimum absolute atomic E-state index is 0.572. The van der Waals surface area contributed by atoms with Gasteiger partial charge < -0.3 is 0 Å².